The SMILES string of the molecule is CCc1nnc(NS(=O)(=O)c2ccc(N3CCCn4c3nc3c4c(=O)[nH]c(=O)n3C)cc2)s1. The number of nitrogens with zero attached hydrogens (tertiary/aromatic N) is 6. The quantitative estimate of drug-likeness (QED) is 0.425. The highest BCUT2D eigenvalue weighted by Crippen LogP contribution is 2.31. The molecule has 12 nitrogen and oxygen atoms in total. The van der Waals surface area contributed by atoms with Crippen molar-refractivity contribution in [3.63, 3.8) is 0 Å². The van der Waals surface area contributed by atoms with Crippen molar-refractivity contribution in [1.29, 1.82) is 0 Å². The van der Waals surface area contributed by atoms with Crippen molar-refractivity contribution >= 4 is 49.3 Å². The van der Waals surface area contributed by atoms with E-state index in [1.54, 1.807) is 23.7 Å². The van der Waals surface area contributed by atoms with E-state index in [4.69, 9.17) is 0 Å². The van der Waals surface area contributed by atoms with Crippen LogP contribution in [0, 0.1) is 0 Å². The van der Waals surface area contributed by atoms with E-state index in [0.29, 0.717) is 36.6 Å². The Balaban J connectivity index is 1.49. The van der Waals surface area contributed by atoms with E-state index in [9.17, 15) is 18.0 Å². The summed E-state index contributed by atoms with van der Waals surface area (Å²) in [6.45, 7) is 3.13. The summed E-state index contributed by atoms with van der Waals surface area (Å²) in [6, 6.07) is 6.38. The van der Waals surface area contributed by atoms with E-state index in [-0.39, 0.29) is 10.0 Å². The van der Waals surface area contributed by atoms with Crippen LogP contribution in [0.25, 0.3) is 11.2 Å². The van der Waals surface area contributed by atoms with Crippen LogP contribution in [0.2, 0.25) is 0 Å². The fraction of sp³-hybridized carbons (Fsp3) is 0.316. The molecule has 0 unspecified atom stereocenters. The Morgan fingerprint density at radius 1 is 1.15 bits per heavy atom. The minimum absolute atomic E-state index is 0.0869. The lowest BCUT2D eigenvalue weighted by molar-refractivity contribution is 0.600. The van der Waals surface area contributed by atoms with Crippen molar-refractivity contribution in [2.24, 2.45) is 7.05 Å². The van der Waals surface area contributed by atoms with Crippen LogP contribution in [0.5, 0.6) is 0 Å². The topological polar surface area (TPSA) is 148 Å². The van der Waals surface area contributed by atoms with E-state index in [1.165, 1.54) is 28.0 Å². The fourth-order valence-corrected chi connectivity index (χ4v) is 5.70. The number of aromatic amines is 1. The van der Waals surface area contributed by atoms with Gasteiger partial charge in [0.2, 0.25) is 11.1 Å². The molecule has 5 rings (SSSR count). The summed E-state index contributed by atoms with van der Waals surface area (Å²) in [5.41, 5.74) is 0.347. The van der Waals surface area contributed by atoms with Crippen LogP contribution < -0.4 is 20.9 Å². The molecule has 0 atom stereocenters. The Bertz CT molecular complexity index is 1580. The molecule has 4 aromatic rings. The molecule has 0 radical (unpaired) electrons. The number of anilines is 3. The molecule has 3 aromatic heterocycles. The average Bonchev–Trinajstić information content (AvgIpc) is 3.41. The summed E-state index contributed by atoms with van der Waals surface area (Å²) in [5.74, 6) is 0.526. The Hall–Kier alpha value is -3.52. The lowest BCUT2D eigenvalue weighted by Gasteiger charge is -2.29. The van der Waals surface area contributed by atoms with Crippen LogP contribution in [-0.2, 0) is 30.0 Å². The van der Waals surface area contributed by atoms with Gasteiger partial charge in [-0.3, -0.25) is 19.1 Å². The molecule has 1 aromatic carbocycles. The number of aryl methyl sites for hydroxylation is 3. The smallest absolute Gasteiger partial charge is 0.312 e. The highest BCUT2D eigenvalue weighted by atomic mass is 32.2. The van der Waals surface area contributed by atoms with Gasteiger partial charge in [0, 0.05) is 25.8 Å². The van der Waals surface area contributed by atoms with Crippen molar-refractivity contribution in [2.75, 3.05) is 16.2 Å². The van der Waals surface area contributed by atoms with Crippen molar-refractivity contribution in [3.05, 3.63) is 50.1 Å². The molecular weight excluding hydrogens is 468 g/mol. The van der Waals surface area contributed by atoms with Gasteiger partial charge in [-0.2, -0.15) is 4.98 Å². The molecule has 172 valence electrons. The van der Waals surface area contributed by atoms with Gasteiger partial charge in [-0.05, 0) is 37.1 Å². The Kier molecular flexibility index (Phi) is 5.05. The summed E-state index contributed by atoms with van der Waals surface area (Å²) >= 11 is 1.19. The monoisotopic (exact) mass is 488 g/mol. The minimum atomic E-state index is -3.82. The number of rotatable bonds is 5. The second kappa shape index (κ2) is 7.81. The van der Waals surface area contributed by atoms with E-state index in [0.717, 1.165) is 17.1 Å². The van der Waals surface area contributed by atoms with Crippen molar-refractivity contribution in [2.45, 2.75) is 31.2 Å². The molecule has 0 saturated carbocycles. The molecule has 0 fully saturated rings. The van der Waals surface area contributed by atoms with Crippen molar-refractivity contribution in [1.82, 2.24) is 29.3 Å². The maximum Gasteiger partial charge on any atom is 0.329 e. The number of imidazole rings is 1. The zero-order valence-electron chi connectivity index (χ0n) is 17.8. The molecule has 4 heterocycles. The summed E-state index contributed by atoms with van der Waals surface area (Å²) in [6.07, 6.45) is 1.42. The second-order valence-electron chi connectivity index (χ2n) is 7.51. The molecule has 0 amide bonds. The predicted octanol–water partition coefficient (Wildman–Crippen LogP) is 1.18. The van der Waals surface area contributed by atoms with Gasteiger partial charge in [-0.1, -0.05) is 18.3 Å². The standard InChI is InChI=1S/C19H20N8O4S2/c1-3-13-22-23-17(32-13)24-33(30,31)12-7-5-11(6-8-12)26-9-4-10-27-14-15(20-18(26)27)25(2)19(29)21-16(14)28/h5-8H,3-4,9-10H2,1-2H3,(H,23,24)(H,21,28,29). The zero-order chi connectivity index (χ0) is 23.3. The van der Waals surface area contributed by atoms with Gasteiger partial charge in [0.25, 0.3) is 15.6 Å². The van der Waals surface area contributed by atoms with E-state index >= 15 is 0 Å². The molecule has 0 saturated heterocycles. The first-order valence-corrected chi connectivity index (χ1v) is 12.5. The van der Waals surface area contributed by atoms with Crippen molar-refractivity contribution < 1.29 is 8.42 Å². The summed E-state index contributed by atoms with van der Waals surface area (Å²) in [7, 11) is -2.26. The molecule has 2 N–H and O–H groups in total. The third-order valence-electron chi connectivity index (χ3n) is 5.44. The number of benzene rings is 1. The molecule has 1 aliphatic heterocycles. The fourth-order valence-electron chi connectivity index (χ4n) is 3.79. The van der Waals surface area contributed by atoms with Crippen LogP contribution in [0.3, 0.4) is 0 Å². The Morgan fingerprint density at radius 3 is 2.61 bits per heavy atom. The Morgan fingerprint density at radius 2 is 1.91 bits per heavy atom. The van der Waals surface area contributed by atoms with Gasteiger partial charge in [0.1, 0.15) is 5.01 Å². The maximum atomic E-state index is 12.7. The normalized spacial score (nSPS) is 13.9. The van der Waals surface area contributed by atoms with Crippen LogP contribution in [-0.4, -0.2) is 44.3 Å². The number of fused-ring (bicyclic) bond motifs is 3. The first-order chi connectivity index (χ1) is 15.8. The van der Waals surface area contributed by atoms with Gasteiger partial charge in [0.15, 0.2) is 11.2 Å². The lowest BCUT2D eigenvalue weighted by atomic mass is 10.2. The first kappa shape index (κ1) is 21.3. The van der Waals surface area contributed by atoms with Gasteiger partial charge in [-0.25, -0.2) is 13.2 Å². The third-order valence-corrected chi connectivity index (χ3v) is 7.91. The van der Waals surface area contributed by atoms with Crippen LogP contribution >= 0.6 is 11.3 Å². The van der Waals surface area contributed by atoms with Crippen LogP contribution in [0.1, 0.15) is 18.4 Å². The Labute approximate surface area is 191 Å². The number of nitrogens with one attached hydrogen (secondary N) is 2. The molecule has 0 spiro atoms. The van der Waals surface area contributed by atoms with E-state index in [1.807, 2.05) is 11.8 Å². The number of hydrogen-bond acceptors (Lipinski definition) is 9. The summed E-state index contributed by atoms with van der Waals surface area (Å²) in [5, 5.41) is 8.75. The van der Waals surface area contributed by atoms with Crippen LogP contribution in [0.15, 0.2) is 38.8 Å². The number of hydrogen-bond donors (Lipinski definition) is 2. The van der Waals surface area contributed by atoms with E-state index < -0.39 is 21.3 Å². The predicted molar refractivity (Wildman–Crippen MR) is 124 cm³/mol. The van der Waals surface area contributed by atoms with Crippen LogP contribution in [0.4, 0.5) is 16.8 Å². The largest absolute Gasteiger partial charge is 0.329 e. The maximum absolute atomic E-state index is 12.7. The molecule has 1 aliphatic rings. The number of H-pyrrole nitrogens is 1. The summed E-state index contributed by atoms with van der Waals surface area (Å²) in [4.78, 5) is 33.3. The number of sulfonamides is 1. The van der Waals surface area contributed by atoms with Crippen molar-refractivity contribution in [3.8, 4) is 0 Å². The van der Waals surface area contributed by atoms with Gasteiger partial charge < -0.3 is 9.47 Å². The second-order valence-corrected chi connectivity index (χ2v) is 10.3. The zero-order valence-corrected chi connectivity index (χ0v) is 19.4. The summed E-state index contributed by atoms with van der Waals surface area (Å²) < 4.78 is 31.0. The van der Waals surface area contributed by atoms with Gasteiger partial charge in [0.05, 0.1) is 4.90 Å². The molecule has 14 heteroatoms. The molecule has 33 heavy (non-hydrogen) atoms. The average molecular weight is 489 g/mol. The third kappa shape index (κ3) is 3.60. The molecule has 0 bridgehead atoms. The van der Waals surface area contributed by atoms with E-state index in [2.05, 4.69) is 24.9 Å². The minimum Gasteiger partial charge on any atom is -0.312 e. The highest BCUT2D eigenvalue weighted by Gasteiger charge is 2.26. The van der Waals surface area contributed by atoms with Gasteiger partial charge >= 0.3 is 5.69 Å². The van der Waals surface area contributed by atoms with Gasteiger partial charge in [-0.15, -0.1) is 10.2 Å². The lowest BCUT2D eigenvalue weighted by Crippen LogP contribution is -2.31. The molecule has 0 aliphatic carbocycles. The number of aromatic nitrogens is 6. The first-order valence-electron chi connectivity index (χ1n) is 10.2. The highest BCUT2D eigenvalue weighted by molar-refractivity contribution is 7.93. The molecular formula is C19H20N8O4S2.